The molecule has 4 N–H and O–H groups in total. The summed E-state index contributed by atoms with van der Waals surface area (Å²) in [5.41, 5.74) is 13.1. The van der Waals surface area contributed by atoms with Gasteiger partial charge >= 0.3 is 0 Å². The molecule has 1 atom stereocenters. The third-order valence-corrected chi connectivity index (χ3v) is 7.60. The highest BCUT2D eigenvalue weighted by molar-refractivity contribution is 5.78. The third-order valence-electron chi connectivity index (χ3n) is 7.60. The van der Waals surface area contributed by atoms with Crippen LogP contribution in [0.4, 0.5) is 22.0 Å². The van der Waals surface area contributed by atoms with Crippen LogP contribution in [-0.2, 0) is 6.54 Å². The Morgan fingerprint density at radius 1 is 0.975 bits per heavy atom. The lowest BCUT2D eigenvalue weighted by atomic mass is 10.1. The lowest BCUT2D eigenvalue weighted by molar-refractivity contribution is 0.229. The summed E-state index contributed by atoms with van der Waals surface area (Å²) in [5.74, 6) is 0.123. The van der Waals surface area contributed by atoms with Gasteiger partial charge in [0.2, 0.25) is 5.95 Å². The zero-order valence-corrected chi connectivity index (χ0v) is 21.9. The van der Waals surface area contributed by atoms with Crippen LogP contribution in [0, 0.1) is 17.1 Å². The molecule has 0 bridgehead atoms. The summed E-state index contributed by atoms with van der Waals surface area (Å²) in [7, 11) is 0. The first kappa shape index (κ1) is 25.5. The highest BCUT2D eigenvalue weighted by Crippen LogP contribution is 2.37. The fourth-order valence-electron chi connectivity index (χ4n) is 5.71. The second kappa shape index (κ2) is 10.4. The van der Waals surface area contributed by atoms with E-state index in [-0.39, 0.29) is 28.2 Å². The van der Waals surface area contributed by atoms with Gasteiger partial charge in [0.1, 0.15) is 28.7 Å². The van der Waals surface area contributed by atoms with Crippen LogP contribution in [0.5, 0.6) is 0 Å². The summed E-state index contributed by atoms with van der Waals surface area (Å²) in [6.45, 7) is 3.93. The second-order valence-electron chi connectivity index (χ2n) is 10.1. The van der Waals surface area contributed by atoms with Crippen LogP contribution >= 0.6 is 0 Å². The quantitative estimate of drug-likeness (QED) is 0.386. The third kappa shape index (κ3) is 4.54. The highest BCUT2D eigenvalue weighted by atomic mass is 19.1. The maximum Gasteiger partial charge on any atom is 0.283 e. The Morgan fingerprint density at radius 3 is 2.50 bits per heavy atom. The maximum absolute atomic E-state index is 15.0. The molecule has 40 heavy (non-hydrogen) atoms. The molecule has 4 aromatic rings. The number of hydrogen-bond donors (Lipinski definition) is 2. The minimum atomic E-state index is -0.607. The Bertz CT molecular complexity index is 1660. The summed E-state index contributed by atoms with van der Waals surface area (Å²) in [6.07, 6.45) is 1.41. The molecule has 204 valence electrons. The zero-order valence-electron chi connectivity index (χ0n) is 21.9. The van der Waals surface area contributed by atoms with Crippen LogP contribution in [-0.4, -0.2) is 57.3 Å². The molecule has 2 aromatic heterocycles. The predicted octanol–water partition coefficient (Wildman–Crippen LogP) is 2.16. The Labute approximate surface area is 230 Å². The molecule has 2 aromatic carbocycles. The molecule has 6 rings (SSSR count). The van der Waals surface area contributed by atoms with Crippen molar-refractivity contribution in [2.24, 2.45) is 0 Å². The minimum absolute atomic E-state index is 0.00359. The van der Waals surface area contributed by atoms with Crippen LogP contribution in [0.2, 0.25) is 0 Å². The summed E-state index contributed by atoms with van der Waals surface area (Å²) in [4.78, 5) is 31.3. The smallest absolute Gasteiger partial charge is 0.283 e. The summed E-state index contributed by atoms with van der Waals surface area (Å²) in [6, 6.07) is 16.4. The monoisotopic (exact) mass is 540 g/mol. The van der Waals surface area contributed by atoms with Gasteiger partial charge in [-0.15, -0.1) is 0 Å². The van der Waals surface area contributed by atoms with Crippen molar-refractivity contribution in [2.75, 3.05) is 54.1 Å². The molecular weight excluding hydrogens is 511 g/mol. The topological polar surface area (TPSA) is 146 Å². The van der Waals surface area contributed by atoms with Crippen molar-refractivity contribution >= 4 is 28.5 Å². The number of hydrogen-bond acceptors (Lipinski definition) is 10. The maximum atomic E-state index is 15.0. The van der Waals surface area contributed by atoms with Crippen molar-refractivity contribution in [3.63, 3.8) is 0 Å². The van der Waals surface area contributed by atoms with E-state index in [4.69, 9.17) is 16.5 Å². The van der Waals surface area contributed by atoms with Crippen LogP contribution in [0.15, 0.2) is 53.3 Å². The molecule has 0 unspecified atom stereocenters. The van der Waals surface area contributed by atoms with Gasteiger partial charge in [0, 0.05) is 39.3 Å². The first-order valence-electron chi connectivity index (χ1n) is 13.3. The zero-order chi connectivity index (χ0) is 27.8. The Balaban J connectivity index is 1.41. The number of fused-ring (bicyclic) bond motifs is 1. The van der Waals surface area contributed by atoms with E-state index < -0.39 is 17.4 Å². The van der Waals surface area contributed by atoms with Crippen LogP contribution in [0.3, 0.4) is 0 Å². The highest BCUT2D eigenvalue weighted by Gasteiger charge is 2.35. The molecule has 0 saturated carbocycles. The average molecular weight is 541 g/mol. The van der Waals surface area contributed by atoms with Gasteiger partial charge in [-0.25, -0.2) is 14.1 Å². The van der Waals surface area contributed by atoms with Gasteiger partial charge in [0.15, 0.2) is 11.6 Å². The summed E-state index contributed by atoms with van der Waals surface area (Å²) >= 11 is 0. The van der Waals surface area contributed by atoms with E-state index in [9.17, 15) is 14.4 Å². The van der Waals surface area contributed by atoms with Crippen LogP contribution in [0.25, 0.3) is 10.9 Å². The first-order valence-corrected chi connectivity index (χ1v) is 13.3. The van der Waals surface area contributed by atoms with Gasteiger partial charge in [0.25, 0.3) is 5.56 Å². The molecule has 11 nitrogen and oxygen atoms in total. The number of nitriles is 1. The van der Waals surface area contributed by atoms with E-state index in [0.29, 0.717) is 37.7 Å². The molecule has 0 spiro atoms. The lowest BCUT2D eigenvalue weighted by Gasteiger charge is -2.39. The van der Waals surface area contributed by atoms with Crippen molar-refractivity contribution in [1.29, 1.82) is 5.26 Å². The van der Waals surface area contributed by atoms with Crippen molar-refractivity contribution < 1.29 is 4.39 Å². The number of nitrogens with two attached hydrogens (primary N) is 2. The normalized spacial score (nSPS) is 17.9. The number of nitrogen functional groups attached to an aromatic ring is 2. The first-order chi connectivity index (χ1) is 19.4. The number of aromatic nitrogens is 4. The van der Waals surface area contributed by atoms with Crippen LogP contribution < -0.4 is 26.9 Å². The van der Waals surface area contributed by atoms with Gasteiger partial charge in [-0.1, -0.05) is 36.4 Å². The van der Waals surface area contributed by atoms with Crippen molar-refractivity contribution in [2.45, 2.75) is 25.4 Å². The van der Waals surface area contributed by atoms with Gasteiger partial charge in [0.05, 0.1) is 11.6 Å². The van der Waals surface area contributed by atoms with Crippen molar-refractivity contribution in [3.8, 4) is 6.07 Å². The fourth-order valence-corrected chi connectivity index (χ4v) is 5.71. The molecule has 4 heterocycles. The molecule has 2 fully saturated rings. The molecule has 2 aliphatic rings. The molecule has 2 aliphatic heterocycles. The molecule has 0 amide bonds. The van der Waals surface area contributed by atoms with Crippen molar-refractivity contribution in [3.05, 3.63) is 81.7 Å². The fraction of sp³-hybridized carbons (Fsp3) is 0.321. The van der Waals surface area contributed by atoms with E-state index in [1.54, 1.807) is 12.1 Å². The Morgan fingerprint density at radius 2 is 1.75 bits per heavy atom. The SMILES string of the molecule is N#Cc1c(N)nc(N)nc1N1CCC[C@@H]1c1nc2cccc(F)c2c(=O)n1N1CCN(Cc2ccccc2)CC1. The molecular formula is C28H29FN10O. The van der Waals surface area contributed by atoms with E-state index in [1.165, 1.54) is 16.3 Å². The number of anilines is 3. The van der Waals surface area contributed by atoms with Gasteiger partial charge < -0.3 is 21.4 Å². The van der Waals surface area contributed by atoms with E-state index >= 15 is 0 Å². The average Bonchev–Trinajstić information content (AvgIpc) is 3.43. The molecule has 0 aliphatic carbocycles. The Kier molecular flexibility index (Phi) is 6.65. The number of nitrogens with zero attached hydrogens (tertiary/aromatic N) is 8. The van der Waals surface area contributed by atoms with E-state index in [2.05, 4.69) is 33.1 Å². The van der Waals surface area contributed by atoms with Crippen LogP contribution in [0.1, 0.15) is 35.8 Å². The predicted molar refractivity (Wildman–Crippen MR) is 151 cm³/mol. The molecule has 0 radical (unpaired) electrons. The van der Waals surface area contributed by atoms with Gasteiger partial charge in [-0.05, 0) is 30.5 Å². The minimum Gasteiger partial charge on any atom is -0.382 e. The number of halogens is 1. The lowest BCUT2D eigenvalue weighted by Crippen LogP contribution is -2.55. The molecule has 2 saturated heterocycles. The molecule has 12 heteroatoms. The number of piperazine rings is 1. The standard InChI is InChI=1S/C28H29FN10O/c29-20-8-4-9-21-23(20)27(40)39(37-14-12-36(13-15-37)17-18-6-2-1-3-7-18)26(33-21)22-10-5-11-38(22)25-19(16-30)24(31)34-28(32)35-25/h1-4,6-9,22H,5,10-15,17H2,(H4,31,32,34,35)/t22-/m1/s1. The number of rotatable bonds is 5. The largest absolute Gasteiger partial charge is 0.382 e. The van der Waals surface area contributed by atoms with E-state index in [1.807, 2.05) is 28.1 Å². The second-order valence-corrected chi connectivity index (χ2v) is 10.1. The van der Waals surface area contributed by atoms with Gasteiger partial charge in [-0.3, -0.25) is 9.69 Å². The summed E-state index contributed by atoms with van der Waals surface area (Å²) in [5, 5.41) is 11.7. The summed E-state index contributed by atoms with van der Waals surface area (Å²) < 4.78 is 16.5. The van der Waals surface area contributed by atoms with E-state index in [0.717, 1.165) is 26.1 Å². The van der Waals surface area contributed by atoms with Crippen molar-refractivity contribution in [1.82, 2.24) is 24.5 Å². The van der Waals surface area contributed by atoms with Gasteiger partial charge in [-0.2, -0.15) is 15.2 Å². The number of benzene rings is 2. The Hall–Kier alpha value is -4.76.